The van der Waals surface area contributed by atoms with Gasteiger partial charge in [-0.2, -0.15) is 0 Å². The highest BCUT2D eigenvalue weighted by molar-refractivity contribution is 6.00. The van der Waals surface area contributed by atoms with E-state index in [2.05, 4.69) is 0 Å². The third-order valence-electron chi connectivity index (χ3n) is 6.12. The predicted octanol–water partition coefficient (Wildman–Crippen LogP) is 4.34. The van der Waals surface area contributed by atoms with Crippen LogP contribution in [0.15, 0.2) is 35.1 Å². The number of hydroxylamine groups is 1. The Bertz CT molecular complexity index is 1340. The molecule has 34 heavy (non-hydrogen) atoms. The summed E-state index contributed by atoms with van der Waals surface area (Å²) in [5, 5.41) is 10.5. The van der Waals surface area contributed by atoms with Crippen LogP contribution in [0.25, 0.3) is 21.9 Å². The number of nitrogens with zero attached hydrogens (tertiary/aromatic N) is 1. The lowest BCUT2D eigenvalue weighted by Gasteiger charge is -2.30. The van der Waals surface area contributed by atoms with E-state index in [0.29, 0.717) is 34.9 Å². The van der Waals surface area contributed by atoms with Gasteiger partial charge in [-0.1, -0.05) is 18.2 Å². The topological polar surface area (TPSA) is 89.8 Å². The van der Waals surface area contributed by atoms with Crippen molar-refractivity contribution in [3.63, 3.8) is 0 Å². The molecule has 0 aliphatic carbocycles. The molecule has 1 atom stereocenters. The summed E-state index contributed by atoms with van der Waals surface area (Å²) in [5.74, 6) is -1.08. The normalized spacial score (nSPS) is 14.4. The van der Waals surface area contributed by atoms with Gasteiger partial charge >= 0.3 is 0 Å². The van der Waals surface area contributed by atoms with Crippen molar-refractivity contribution in [3.8, 4) is 16.9 Å². The van der Waals surface area contributed by atoms with E-state index < -0.39 is 23.4 Å². The highest BCUT2D eigenvalue weighted by Crippen LogP contribution is 2.42. The van der Waals surface area contributed by atoms with Crippen molar-refractivity contribution in [2.45, 2.75) is 52.2 Å². The molecule has 1 aliphatic heterocycles. The molecule has 2 heterocycles. The van der Waals surface area contributed by atoms with E-state index in [1.54, 1.807) is 57.6 Å². The smallest absolute Gasteiger partial charge is 0.278 e. The molecule has 0 radical (unpaired) electrons. The van der Waals surface area contributed by atoms with Gasteiger partial charge in [0.25, 0.3) is 11.5 Å². The number of nitrogens with one attached hydrogen (secondary N) is 1. The van der Waals surface area contributed by atoms with Gasteiger partial charge in [-0.3, -0.25) is 14.8 Å². The Balaban J connectivity index is 2.16. The second-order valence-corrected chi connectivity index (χ2v) is 9.55. The molecule has 0 fully saturated rings. The Labute approximate surface area is 197 Å². The van der Waals surface area contributed by atoms with Gasteiger partial charge in [0.1, 0.15) is 0 Å². The first-order valence-corrected chi connectivity index (χ1v) is 11.2. The first kappa shape index (κ1) is 23.9. The van der Waals surface area contributed by atoms with E-state index in [1.165, 1.54) is 10.6 Å². The minimum Gasteiger partial charge on any atom is -0.490 e. The maximum atomic E-state index is 15.3. The quantitative estimate of drug-likeness (QED) is 0.439. The molecule has 0 saturated carbocycles. The van der Waals surface area contributed by atoms with E-state index in [9.17, 15) is 14.8 Å². The third kappa shape index (κ3) is 4.08. The van der Waals surface area contributed by atoms with Crippen LogP contribution < -0.4 is 15.8 Å². The van der Waals surface area contributed by atoms with Gasteiger partial charge in [-0.05, 0) is 69.2 Å². The summed E-state index contributed by atoms with van der Waals surface area (Å²) in [7, 11) is 1.55. The number of pyridine rings is 1. The standard InChI is InChI=1S/C26H29FN2O5/c1-14-15-11-8-12-33-22(15)19(27)13-18(14)20-16-9-6-7-10-17(16)25(31)29(5)21(20)23(24(30)28-32)34-26(2,3)4/h6-7,9-10,13,23,32H,8,11-12H2,1-5H3,(H,28,30). The molecule has 0 spiro atoms. The lowest BCUT2D eigenvalue weighted by molar-refractivity contribution is -0.152. The molecule has 2 N–H and O–H groups in total. The monoisotopic (exact) mass is 468 g/mol. The zero-order valence-corrected chi connectivity index (χ0v) is 20.0. The number of ether oxygens (including phenoxy) is 2. The summed E-state index contributed by atoms with van der Waals surface area (Å²) in [6.07, 6.45) is 0.0849. The van der Waals surface area contributed by atoms with E-state index in [4.69, 9.17) is 9.47 Å². The average molecular weight is 469 g/mol. The van der Waals surface area contributed by atoms with Crippen LogP contribution in [0, 0.1) is 12.7 Å². The van der Waals surface area contributed by atoms with E-state index >= 15 is 4.39 Å². The van der Waals surface area contributed by atoms with E-state index in [-0.39, 0.29) is 17.0 Å². The number of benzene rings is 2. The molecule has 0 saturated heterocycles. The zero-order valence-electron chi connectivity index (χ0n) is 20.0. The summed E-state index contributed by atoms with van der Waals surface area (Å²) in [4.78, 5) is 26.2. The summed E-state index contributed by atoms with van der Waals surface area (Å²) in [6, 6.07) is 8.40. The fourth-order valence-electron chi connectivity index (χ4n) is 4.64. The zero-order chi connectivity index (χ0) is 24.8. The second-order valence-electron chi connectivity index (χ2n) is 9.55. The number of aromatic nitrogens is 1. The van der Waals surface area contributed by atoms with Crippen LogP contribution >= 0.6 is 0 Å². The maximum absolute atomic E-state index is 15.3. The summed E-state index contributed by atoms with van der Waals surface area (Å²) in [5.41, 5.74) is 3.38. The Hall–Kier alpha value is -3.23. The first-order chi connectivity index (χ1) is 16.0. The number of carbonyl (C=O) groups is 1. The predicted molar refractivity (Wildman–Crippen MR) is 127 cm³/mol. The minimum absolute atomic E-state index is 0.226. The average Bonchev–Trinajstić information content (AvgIpc) is 2.81. The molecule has 0 bridgehead atoms. The number of rotatable bonds is 4. The van der Waals surface area contributed by atoms with Crippen molar-refractivity contribution in [2.75, 3.05) is 6.61 Å². The van der Waals surface area contributed by atoms with Crippen molar-refractivity contribution in [3.05, 3.63) is 63.3 Å². The molecule has 1 aromatic heterocycles. The number of halogens is 1. The number of carbonyl (C=O) groups excluding carboxylic acids is 1. The summed E-state index contributed by atoms with van der Waals surface area (Å²) in [6.45, 7) is 7.65. The van der Waals surface area contributed by atoms with Gasteiger partial charge in [-0.15, -0.1) is 0 Å². The highest BCUT2D eigenvalue weighted by Gasteiger charge is 2.34. The van der Waals surface area contributed by atoms with Crippen molar-refractivity contribution in [1.29, 1.82) is 0 Å². The SMILES string of the molecule is Cc1c(-c2c(C(OC(C)(C)C)C(=O)NO)n(C)c(=O)c3ccccc23)cc(F)c2c1CCCO2. The first-order valence-electron chi connectivity index (χ1n) is 11.2. The van der Waals surface area contributed by atoms with E-state index in [1.807, 2.05) is 6.92 Å². The van der Waals surface area contributed by atoms with E-state index in [0.717, 1.165) is 17.5 Å². The van der Waals surface area contributed by atoms with Crippen molar-refractivity contribution in [1.82, 2.24) is 10.0 Å². The summed E-state index contributed by atoms with van der Waals surface area (Å²) >= 11 is 0. The lowest BCUT2D eigenvalue weighted by Crippen LogP contribution is -2.37. The Morgan fingerprint density at radius 1 is 1.26 bits per heavy atom. The van der Waals surface area contributed by atoms with Crippen LogP contribution in [-0.4, -0.2) is 27.9 Å². The number of fused-ring (bicyclic) bond motifs is 2. The largest absolute Gasteiger partial charge is 0.490 e. The van der Waals surface area contributed by atoms with Gasteiger partial charge in [0.15, 0.2) is 17.7 Å². The van der Waals surface area contributed by atoms with Crippen molar-refractivity contribution < 1.29 is 23.9 Å². The van der Waals surface area contributed by atoms with Gasteiger partial charge in [0.05, 0.1) is 17.9 Å². The van der Waals surface area contributed by atoms with Gasteiger partial charge in [0.2, 0.25) is 0 Å². The number of hydrogen-bond donors (Lipinski definition) is 2. The molecule has 1 unspecified atom stereocenters. The molecule has 1 aliphatic rings. The molecular formula is C26H29FN2O5. The van der Waals surface area contributed by atoms with Gasteiger partial charge < -0.3 is 14.0 Å². The molecular weight excluding hydrogens is 439 g/mol. The van der Waals surface area contributed by atoms with Crippen LogP contribution in [0.2, 0.25) is 0 Å². The number of hydrogen-bond acceptors (Lipinski definition) is 5. The number of amides is 1. The Morgan fingerprint density at radius 2 is 1.94 bits per heavy atom. The van der Waals surface area contributed by atoms with Crippen LogP contribution in [0.1, 0.15) is 50.1 Å². The van der Waals surface area contributed by atoms with Gasteiger partial charge in [0, 0.05) is 23.6 Å². The molecule has 8 heteroatoms. The third-order valence-corrected chi connectivity index (χ3v) is 6.12. The fourth-order valence-corrected chi connectivity index (χ4v) is 4.64. The molecule has 4 rings (SSSR count). The van der Waals surface area contributed by atoms with Crippen molar-refractivity contribution >= 4 is 16.7 Å². The lowest BCUT2D eigenvalue weighted by atomic mass is 9.87. The van der Waals surface area contributed by atoms with Crippen LogP contribution in [-0.2, 0) is 23.0 Å². The van der Waals surface area contributed by atoms with Crippen LogP contribution in [0.4, 0.5) is 4.39 Å². The summed E-state index contributed by atoms with van der Waals surface area (Å²) < 4.78 is 28.3. The molecule has 2 aromatic carbocycles. The van der Waals surface area contributed by atoms with Crippen LogP contribution in [0.5, 0.6) is 5.75 Å². The molecule has 7 nitrogen and oxygen atoms in total. The molecule has 1 amide bonds. The highest BCUT2D eigenvalue weighted by atomic mass is 19.1. The van der Waals surface area contributed by atoms with Gasteiger partial charge in [-0.25, -0.2) is 9.87 Å². The Morgan fingerprint density at radius 3 is 2.59 bits per heavy atom. The van der Waals surface area contributed by atoms with Crippen molar-refractivity contribution in [2.24, 2.45) is 7.05 Å². The fraction of sp³-hybridized carbons (Fsp3) is 0.385. The van der Waals surface area contributed by atoms with Crippen LogP contribution in [0.3, 0.4) is 0 Å². The Kier molecular flexibility index (Phi) is 6.22. The second kappa shape index (κ2) is 8.85. The maximum Gasteiger partial charge on any atom is 0.278 e. The molecule has 3 aromatic rings. The molecule has 180 valence electrons. The minimum atomic E-state index is -1.34.